The smallest absolute Gasteiger partial charge is 0.416 e. The summed E-state index contributed by atoms with van der Waals surface area (Å²) >= 11 is -0.465. The van der Waals surface area contributed by atoms with Crippen molar-refractivity contribution in [2.24, 2.45) is 0 Å². The average Bonchev–Trinajstić information content (AvgIpc) is 3.32. The second-order valence-electron chi connectivity index (χ2n) is 17.2. The minimum absolute atomic E-state index is 0.347. The first-order valence-corrected chi connectivity index (χ1v) is 23.7. The van der Waals surface area contributed by atoms with E-state index in [0.29, 0.717) is 11.2 Å². The number of hydrogen-bond acceptors (Lipinski definition) is 4. The van der Waals surface area contributed by atoms with E-state index in [-0.39, 0.29) is 11.3 Å². The van der Waals surface area contributed by atoms with Crippen LogP contribution in [0, 0.1) is 7.14 Å². The standard InChI is InChI=1S/C32H12BF24.C18H10IO4/c34-25(35,36)13-1-14(26(37,38)39)6-21(5-13)33(22-7-15(27(40,41)42)2-16(8-22)28(43,44)45,23-9-17(29(46,47)48)3-18(10-23)30(49,50)51)24-11-19(31(52,53)54)4-20(12-24)32(55,56)57;20-17-7-3-11-1-5-13(9-15(11)22-17)19-14-6-2-12-4-8-18(21)23-16(12)10-14/h1-12H;1-10H/q-1;+1. The van der Waals surface area contributed by atoms with Crippen LogP contribution in [-0.2, 0) is 49.4 Å². The number of halogens is 25. The van der Waals surface area contributed by atoms with Gasteiger partial charge in [0.2, 0.25) is 0 Å². The van der Waals surface area contributed by atoms with E-state index in [0.717, 1.165) is 17.9 Å². The van der Waals surface area contributed by atoms with Crippen molar-refractivity contribution in [2.75, 3.05) is 0 Å². The molecule has 8 rings (SSSR count). The van der Waals surface area contributed by atoms with Gasteiger partial charge in [0.1, 0.15) is 17.3 Å². The second-order valence-corrected chi connectivity index (χ2v) is 20.2. The zero-order valence-corrected chi connectivity index (χ0v) is 40.5. The quantitative estimate of drug-likeness (QED) is 0.0720. The third-order valence-corrected chi connectivity index (χ3v) is 14.4. The third kappa shape index (κ3) is 13.4. The zero-order chi connectivity index (χ0) is 59.7. The van der Waals surface area contributed by atoms with Crippen LogP contribution in [0.4, 0.5) is 105 Å². The SMILES string of the molecule is FC(F)(F)c1cc([B-](c2cc(C(F)(F)F)cc(C(F)(F)F)c2)(c2cc(C(F)(F)F)cc(C(F)(F)F)c2)c2cc(C(F)(F)F)cc(C(F)(F)F)c2)cc(C(F)(F)F)c1.O=c1ccc2ccc([I+]c3ccc4ccc(=O)oc4c3)cc2o1. The van der Waals surface area contributed by atoms with Gasteiger partial charge in [-0.2, -0.15) is 127 Å². The first-order chi connectivity index (χ1) is 36.4. The van der Waals surface area contributed by atoms with E-state index in [1.807, 2.05) is 36.4 Å². The molecule has 0 N–H and O–H groups in total. The first kappa shape index (κ1) is 60.5. The molecular weight excluding hydrogens is 1260 g/mol. The maximum atomic E-state index is 14.2. The molecule has 0 aliphatic carbocycles. The van der Waals surface area contributed by atoms with Crippen molar-refractivity contribution in [3.05, 3.63) is 206 Å². The normalized spacial score (nSPS) is 13.4. The fourth-order valence-corrected chi connectivity index (χ4v) is 10.7. The number of benzene rings is 6. The van der Waals surface area contributed by atoms with Crippen molar-refractivity contribution in [2.45, 2.75) is 49.4 Å². The minimum atomic E-state index is -6.13. The summed E-state index contributed by atoms with van der Waals surface area (Å²) in [5.74, 6) is 0. The van der Waals surface area contributed by atoms with Crippen molar-refractivity contribution in [3.63, 3.8) is 0 Å². The summed E-state index contributed by atoms with van der Waals surface area (Å²) in [4.78, 5) is 22.7. The minimum Gasteiger partial charge on any atom is -0.423 e. The molecule has 0 atom stereocenters. The fraction of sp³-hybridized carbons (Fsp3) is 0.160. The highest BCUT2D eigenvalue weighted by Crippen LogP contribution is 2.41. The van der Waals surface area contributed by atoms with Gasteiger partial charge in [0.05, 0.1) is 44.5 Å². The molecule has 0 radical (unpaired) electrons. The van der Waals surface area contributed by atoms with Gasteiger partial charge < -0.3 is 8.83 Å². The summed E-state index contributed by atoms with van der Waals surface area (Å²) in [7, 11) is 0. The molecule has 0 aliphatic heterocycles. The molecule has 8 aromatic rings. The van der Waals surface area contributed by atoms with Gasteiger partial charge in [-0.3, -0.25) is 0 Å². The Kier molecular flexibility index (Phi) is 15.7. The predicted octanol–water partition coefficient (Wildman–Crippen LogP) is 11.2. The van der Waals surface area contributed by atoms with Gasteiger partial charge in [0, 0.05) is 35.0 Å². The lowest BCUT2D eigenvalue weighted by Gasteiger charge is -2.46. The topological polar surface area (TPSA) is 60.4 Å². The van der Waals surface area contributed by atoms with E-state index in [2.05, 4.69) is 0 Å². The maximum absolute atomic E-state index is 14.2. The predicted molar refractivity (Wildman–Crippen MR) is 232 cm³/mol. The molecule has 80 heavy (non-hydrogen) atoms. The highest BCUT2D eigenvalue weighted by atomic mass is 127. The Labute approximate surface area is 439 Å². The number of hydrogen-bond donors (Lipinski definition) is 0. The van der Waals surface area contributed by atoms with Gasteiger partial charge in [0.25, 0.3) is 0 Å². The molecule has 0 spiro atoms. The monoisotopic (exact) mass is 1280 g/mol. The molecule has 2 heterocycles. The van der Waals surface area contributed by atoms with E-state index in [1.165, 1.54) is 12.1 Å². The molecule has 6 aromatic carbocycles. The lowest BCUT2D eigenvalue weighted by atomic mass is 9.12. The largest absolute Gasteiger partial charge is 0.423 e. The number of rotatable bonds is 6. The Morgan fingerprint density at radius 1 is 0.275 bits per heavy atom. The highest BCUT2D eigenvalue weighted by Gasteiger charge is 2.47. The Bertz CT molecular complexity index is 3240. The molecule has 0 saturated carbocycles. The van der Waals surface area contributed by atoms with Crippen LogP contribution >= 0.6 is 0 Å². The summed E-state index contributed by atoms with van der Waals surface area (Å²) < 4.78 is 354. The Hall–Kier alpha value is -7.15. The Morgan fingerprint density at radius 2 is 0.475 bits per heavy atom. The molecule has 424 valence electrons. The van der Waals surface area contributed by atoms with Gasteiger partial charge >= 0.3 is 81.9 Å². The van der Waals surface area contributed by atoms with Crippen LogP contribution in [0.2, 0.25) is 0 Å². The van der Waals surface area contributed by atoms with Crippen LogP contribution in [0.5, 0.6) is 0 Å². The summed E-state index contributed by atoms with van der Waals surface area (Å²) in [6, 6.07) is 9.36. The fourth-order valence-electron chi connectivity index (χ4n) is 8.38. The molecule has 0 saturated heterocycles. The van der Waals surface area contributed by atoms with Crippen LogP contribution in [-0.4, -0.2) is 6.15 Å². The van der Waals surface area contributed by atoms with E-state index < -0.39 is 216 Å². The lowest BCUT2D eigenvalue weighted by Crippen LogP contribution is -3.61. The Balaban J connectivity index is 0.000000329. The van der Waals surface area contributed by atoms with Crippen LogP contribution in [0.3, 0.4) is 0 Å². The van der Waals surface area contributed by atoms with Crippen molar-refractivity contribution < 1.29 is 135 Å². The van der Waals surface area contributed by atoms with Gasteiger partial charge in [-0.05, 0) is 60.7 Å². The van der Waals surface area contributed by atoms with Crippen LogP contribution in [0.25, 0.3) is 21.9 Å². The van der Waals surface area contributed by atoms with E-state index in [1.54, 1.807) is 12.1 Å². The molecule has 0 unspecified atom stereocenters. The Morgan fingerprint density at radius 3 is 0.675 bits per heavy atom. The second kappa shape index (κ2) is 20.7. The third-order valence-electron chi connectivity index (χ3n) is 11.8. The van der Waals surface area contributed by atoms with Gasteiger partial charge in [-0.15, -0.1) is 0 Å². The van der Waals surface area contributed by atoms with Crippen molar-refractivity contribution in [1.29, 1.82) is 0 Å². The zero-order valence-electron chi connectivity index (χ0n) is 38.4. The molecule has 0 bridgehead atoms. The van der Waals surface area contributed by atoms with Crippen LogP contribution in [0.1, 0.15) is 44.5 Å². The molecular formula is C50H22BF24IO4. The van der Waals surface area contributed by atoms with E-state index in [9.17, 15) is 115 Å². The number of fused-ring (bicyclic) bond motifs is 2. The molecule has 4 nitrogen and oxygen atoms in total. The van der Waals surface area contributed by atoms with Gasteiger partial charge in [-0.25, -0.2) is 9.59 Å². The van der Waals surface area contributed by atoms with E-state index in [4.69, 9.17) is 8.83 Å². The molecule has 0 fully saturated rings. The lowest BCUT2D eigenvalue weighted by molar-refractivity contribution is -0.597. The average molecular weight is 1280 g/mol. The van der Waals surface area contributed by atoms with Gasteiger partial charge in [-0.1, -0.05) is 48.5 Å². The van der Waals surface area contributed by atoms with Gasteiger partial charge in [0.15, 0.2) is 7.14 Å². The van der Waals surface area contributed by atoms with Crippen molar-refractivity contribution >= 4 is 49.9 Å². The molecule has 2 aromatic heterocycles. The molecule has 30 heteroatoms. The maximum Gasteiger partial charge on any atom is 0.416 e. The van der Waals surface area contributed by atoms with E-state index >= 15 is 0 Å². The van der Waals surface area contributed by atoms with Crippen molar-refractivity contribution in [1.82, 2.24) is 0 Å². The first-order valence-electron chi connectivity index (χ1n) is 21.5. The molecule has 0 amide bonds. The summed E-state index contributed by atoms with van der Waals surface area (Å²) in [6.07, 6.45) is -54.8. The number of alkyl halides is 24. The van der Waals surface area contributed by atoms with Crippen LogP contribution in [0.15, 0.2) is 152 Å². The van der Waals surface area contributed by atoms with Crippen LogP contribution < -0.4 is 54.3 Å². The highest BCUT2D eigenvalue weighted by molar-refractivity contribution is 7.20. The summed E-state index contributed by atoms with van der Waals surface area (Å²) in [5.41, 5.74) is -29.7. The summed E-state index contributed by atoms with van der Waals surface area (Å²) in [6.45, 7) is 0. The van der Waals surface area contributed by atoms with Crippen molar-refractivity contribution in [3.8, 4) is 0 Å². The summed E-state index contributed by atoms with van der Waals surface area (Å²) in [5, 5.41) is 1.81. The molecule has 0 aliphatic rings.